The van der Waals surface area contributed by atoms with Crippen molar-refractivity contribution in [1.82, 2.24) is 4.98 Å². The summed E-state index contributed by atoms with van der Waals surface area (Å²) in [7, 11) is 1.65. The molecule has 17 heavy (non-hydrogen) atoms. The number of pyridine rings is 1. The van der Waals surface area contributed by atoms with Gasteiger partial charge in [0, 0.05) is 22.8 Å². The highest BCUT2D eigenvalue weighted by Gasteiger charge is 2.10. The van der Waals surface area contributed by atoms with Crippen molar-refractivity contribution in [2.45, 2.75) is 6.54 Å². The zero-order chi connectivity index (χ0) is 12.3. The summed E-state index contributed by atoms with van der Waals surface area (Å²) in [4.78, 5) is 4.42. The molecule has 0 aliphatic heterocycles. The van der Waals surface area contributed by atoms with E-state index in [9.17, 15) is 0 Å². The molecule has 2 rings (SSSR count). The van der Waals surface area contributed by atoms with Crippen LogP contribution in [0.5, 0.6) is 5.75 Å². The summed E-state index contributed by atoms with van der Waals surface area (Å²) in [6, 6.07) is 9.77. The molecule has 0 fully saturated rings. The first kappa shape index (κ1) is 12.1. The van der Waals surface area contributed by atoms with E-state index in [2.05, 4.69) is 20.9 Å². The molecular formula is C13H13BrN2O. The van der Waals surface area contributed by atoms with E-state index in [0.29, 0.717) is 6.54 Å². The largest absolute Gasteiger partial charge is 0.496 e. The van der Waals surface area contributed by atoms with Crippen LogP contribution >= 0.6 is 15.9 Å². The highest BCUT2D eigenvalue weighted by molar-refractivity contribution is 9.10. The Labute approximate surface area is 109 Å². The summed E-state index contributed by atoms with van der Waals surface area (Å²) in [5, 5.41) is 0. The molecule has 0 saturated heterocycles. The number of hydrogen-bond acceptors (Lipinski definition) is 3. The predicted molar refractivity (Wildman–Crippen MR) is 71.8 cm³/mol. The van der Waals surface area contributed by atoms with Crippen LogP contribution in [0.25, 0.3) is 11.3 Å². The average molecular weight is 293 g/mol. The number of hydrogen-bond donors (Lipinski definition) is 1. The van der Waals surface area contributed by atoms with Crippen molar-refractivity contribution < 1.29 is 4.74 Å². The highest BCUT2D eigenvalue weighted by atomic mass is 79.9. The van der Waals surface area contributed by atoms with E-state index in [-0.39, 0.29) is 0 Å². The van der Waals surface area contributed by atoms with Gasteiger partial charge in [-0.15, -0.1) is 0 Å². The summed E-state index contributed by atoms with van der Waals surface area (Å²) in [6.45, 7) is 0.484. The van der Waals surface area contributed by atoms with Gasteiger partial charge in [0.15, 0.2) is 0 Å². The third-order valence-corrected chi connectivity index (χ3v) is 3.10. The fourth-order valence-electron chi connectivity index (χ4n) is 1.63. The molecule has 88 valence electrons. The lowest BCUT2D eigenvalue weighted by Crippen LogP contribution is -1.98. The maximum atomic E-state index is 5.58. The fraction of sp³-hybridized carbons (Fsp3) is 0.154. The Morgan fingerprint density at radius 2 is 2.12 bits per heavy atom. The average Bonchev–Trinajstić information content (AvgIpc) is 2.38. The number of methoxy groups -OCH3 is 1. The van der Waals surface area contributed by atoms with Gasteiger partial charge in [0.1, 0.15) is 5.75 Å². The number of halogens is 1. The van der Waals surface area contributed by atoms with Crippen molar-refractivity contribution in [3.63, 3.8) is 0 Å². The molecule has 0 atom stereocenters. The number of aromatic nitrogens is 1. The molecule has 0 spiro atoms. The SMILES string of the molecule is COc1ccccc1-c1ncc(CN)cc1Br. The number of para-hydroxylation sites is 1. The third-order valence-electron chi connectivity index (χ3n) is 2.50. The Morgan fingerprint density at radius 1 is 1.35 bits per heavy atom. The van der Waals surface area contributed by atoms with Crippen LogP contribution in [0.4, 0.5) is 0 Å². The van der Waals surface area contributed by atoms with Gasteiger partial charge in [-0.25, -0.2) is 0 Å². The molecule has 1 aromatic carbocycles. The zero-order valence-electron chi connectivity index (χ0n) is 9.48. The third kappa shape index (κ3) is 2.48. The Hall–Kier alpha value is -1.39. The molecule has 1 aromatic heterocycles. The lowest BCUT2D eigenvalue weighted by molar-refractivity contribution is 0.416. The second-order valence-electron chi connectivity index (χ2n) is 3.58. The number of nitrogens with two attached hydrogens (primary N) is 1. The first-order chi connectivity index (χ1) is 8.26. The van der Waals surface area contributed by atoms with Crippen LogP contribution in [0.3, 0.4) is 0 Å². The zero-order valence-corrected chi connectivity index (χ0v) is 11.1. The van der Waals surface area contributed by atoms with Crippen LogP contribution in [0.1, 0.15) is 5.56 Å². The van der Waals surface area contributed by atoms with Gasteiger partial charge in [-0.1, -0.05) is 12.1 Å². The second kappa shape index (κ2) is 5.29. The van der Waals surface area contributed by atoms with Gasteiger partial charge in [0.2, 0.25) is 0 Å². The maximum absolute atomic E-state index is 5.58. The standard InChI is InChI=1S/C13H13BrN2O/c1-17-12-5-3-2-4-10(12)13-11(14)6-9(7-15)8-16-13/h2-6,8H,7,15H2,1H3. The van der Waals surface area contributed by atoms with E-state index in [1.807, 2.05) is 30.3 Å². The van der Waals surface area contributed by atoms with Crippen molar-refractivity contribution in [3.05, 3.63) is 46.6 Å². The lowest BCUT2D eigenvalue weighted by atomic mass is 10.1. The molecule has 0 saturated carbocycles. The van der Waals surface area contributed by atoms with Crippen LogP contribution in [-0.2, 0) is 6.54 Å². The van der Waals surface area contributed by atoms with E-state index in [1.165, 1.54) is 0 Å². The molecule has 0 radical (unpaired) electrons. The summed E-state index contributed by atoms with van der Waals surface area (Å²) >= 11 is 3.51. The van der Waals surface area contributed by atoms with Gasteiger partial charge in [-0.05, 0) is 39.7 Å². The molecule has 0 bridgehead atoms. The van der Waals surface area contributed by atoms with Crippen LogP contribution in [0.2, 0.25) is 0 Å². The summed E-state index contributed by atoms with van der Waals surface area (Å²) < 4.78 is 6.25. The van der Waals surface area contributed by atoms with E-state index in [0.717, 1.165) is 27.0 Å². The smallest absolute Gasteiger partial charge is 0.128 e. The maximum Gasteiger partial charge on any atom is 0.128 e. The van der Waals surface area contributed by atoms with Gasteiger partial charge in [0.05, 0.1) is 12.8 Å². The Kier molecular flexibility index (Phi) is 3.76. The van der Waals surface area contributed by atoms with Gasteiger partial charge in [0.25, 0.3) is 0 Å². The summed E-state index contributed by atoms with van der Waals surface area (Å²) in [5.41, 5.74) is 8.40. The first-order valence-corrected chi connectivity index (χ1v) is 6.03. The van der Waals surface area contributed by atoms with Crippen molar-refractivity contribution in [1.29, 1.82) is 0 Å². The first-order valence-electron chi connectivity index (χ1n) is 5.24. The van der Waals surface area contributed by atoms with Gasteiger partial charge in [-0.3, -0.25) is 4.98 Å². The van der Waals surface area contributed by atoms with Gasteiger partial charge >= 0.3 is 0 Å². The number of ether oxygens (including phenoxy) is 1. The molecule has 3 nitrogen and oxygen atoms in total. The predicted octanol–water partition coefficient (Wildman–Crippen LogP) is 2.98. The van der Waals surface area contributed by atoms with E-state index in [4.69, 9.17) is 10.5 Å². The monoisotopic (exact) mass is 292 g/mol. The molecular weight excluding hydrogens is 280 g/mol. The van der Waals surface area contributed by atoms with Crippen LogP contribution in [-0.4, -0.2) is 12.1 Å². The van der Waals surface area contributed by atoms with Gasteiger partial charge < -0.3 is 10.5 Å². The van der Waals surface area contributed by atoms with Crippen molar-refractivity contribution in [2.75, 3.05) is 7.11 Å². The molecule has 2 N–H and O–H groups in total. The highest BCUT2D eigenvalue weighted by Crippen LogP contribution is 2.33. The van der Waals surface area contributed by atoms with E-state index < -0.39 is 0 Å². The number of benzene rings is 1. The summed E-state index contributed by atoms with van der Waals surface area (Å²) in [6.07, 6.45) is 1.78. The van der Waals surface area contributed by atoms with Crippen molar-refractivity contribution >= 4 is 15.9 Å². The minimum absolute atomic E-state index is 0.484. The molecule has 2 aromatic rings. The molecule has 0 aliphatic carbocycles. The fourth-order valence-corrected chi connectivity index (χ4v) is 2.24. The van der Waals surface area contributed by atoms with Crippen LogP contribution in [0, 0.1) is 0 Å². The van der Waals surface area contributed by atoms with Crippen molar-refractivity contribution in [3.8, 4) is 17.0 Å². The number of nitrogens with zero attached hydrogens (tertiary/aromatic N) is 1. The number of rotatable bonds is 3. The van der Waals surface area contributed by atoms with Crippen LogP contribution in [0.15, 0.2) is 41.0 Å². The molecule has 4 heteroatoms. The van der Waals surface area contributed by atoms with Crippen molar-refractivity contribution in [2.24, 2.45) is 5.73 Å². The van der Waals surface area contributed by atoms with Crippen LogP contribution < -0.4 is 10.5 Å². The molecule has 0 unspecified atom stereocenters. The topological polar surface area (TPSA) is 48.1 Å². The normalized spacial score (nSPS) is 10.3. The quantitative estimate of drug-likeness (QED) is 0.946. The Bertz CT molecular complexity index is 529. The molecule has 0 aliphatic rings. The Balaban J connectivity index is 2.53. The minimum atomic E-state index is 0.484. The minimum Gasteiger partial charge on any atom is -0.496 e. The van der Waals surface area contributed by atoms with E-state index >= 15 is 0 Å². The molecule has 0 amide bonds. The van der Waals surface area contributed by atoms with E-state index in [1.54, 1.807) is 13.3 Å². The molecule has 1 heterocycles. The Morgan fingerprint density at radius 3 is 2.76 bits per heavy atom. The van der Waals surface area contributed by atoms with Gasteiger partial charge in [-0.2, -0.15) is 0 Å². The lowest BCUT2D eigenvalue weighted by Gasteiger charge is -2.09. The summed E-state index contributed by atoms with van der Waals surface area (Å²) in [5.74, 6) is 0.807. The second-order valence-corrected chi connectivity index (χ2v) is 4.43.